The van der Waals surface area contributed by atoms with Crippen LogP contribution in [0.5, 0.6) is 0 Å². The molecule has 6 nitrogen and oxygen atoms in total. The highest BCUT2D eigenvalue weighted by atomic mass is 35.5. The zero-order valence-corrected chi connectivity index (χ0v) is 18.3. The molecule has 7 heteroatoms. The van der Waals surface area contributed by atoms with Crippen LogP contribution in [-0.4, -0.2) is 42.8 Å². The van der Waals surface area contributed by atoms with Gasteiger partial charge in [0.05, 0.1) is 17.2 Å². The van der Waals surface area contributed by atoms with E-state index in [0.29, 0.717) is 21.8 Å². The average Bonchev–Trinajstić information content (AvgIpc) is 3.04. The summed E-state index contributed by atoms with van der Waals surface area (Å²) < 4.78 is 0. The van der Waals surface area contributed by atoms with E-state index in [0.717, 1.165) is 16.2 Å². The quantitative estimate of drug-likeness (QED) is 0.447. The van der Waals surface area contributed by atoms with Gasteiger partial charge < -0.3 is 9.80 Å². The third-order valence-corrected chi connectivity index (χ3v) is 6.28. The summed E-state index contributed by atoms with van der Waals surface area (Å²) in [7, 11) is 3.90. The molecule has 0 spiro atoms. The van der Waals surface area contributed by atoms with E-state index < -0.39 is 23.9 Å². The minimum Gasteiger partial charge on any atom is -0.378 e. The number of fused-ring (bicyclic) bond motifs is 1. The van der Waals surface area contributed by atoms with Gasteiger partial charge in [0.2, 0.25) is 0 Å². The molecule has 0 aromatic heterocycles. The highest BCUT2D eigenvalue weighted by molar-refractivity contribution is 6.30. The van der Waals surface area contributed by atoms with Crippen LogP contribution >= 0.6 is 11.6 Å². The van der Waals surface area contributed by atoms with Crippen LogP contribution in [0.2, 0.25) is 5.02 Å². The van der Waals surface area contributed by atoms with Gasteiger partial charge in [-0.3, -0.25) is 19.3 Å². The fraction of sp³-hybridized carbons (Fsp3) is 0.160. The van der Waals surface area contributed by atoms with Crippen molar-refractivity contribution in [2.75, 3.05) is 23.9 Å². The largest absolute Gasteiger partial charge is 0.378 e. The summed E-state index contributed by atoms with van der Waals surface area (Å²) in [5, 5.41) is 0.561. The molecule has 0 bridgehead atoms. The molecule has 2 atom stereocenters. The minimum absolute atomic E-state index is 0.302. The molecular formula is C25H20ClN3O3. The lowest BCUT2D eigenvalue weighted by Crippen LogP contribution is -2.67. The maximum atomic E-state index is 13.4. The normalized spacial score (nSPS) is 19.8. The number of nitrogens with zero attached hydrogens (tertiary/aromatic N) is 3. The number of hydrogen-bond donors (Lipinski definition) is 0. The Labute approximate surface area is 190 Å². The molecule has 2 heterocycles. The fourth-order valence-corrected chi connectivity index (χ4v) is 4.50. The van der Waals surface area contributed by atoms with Crippen molar-refractivity contribution in [2.45, 2.75) is 12.1 Å². The van der Waals surface area contributed by atoms with E-state index in [1.54, 1.807) is 53.4 Å². The molecule has 0 unspecified atom stereocenters. The van der Waals surface area contributed by atoms with E-state index in [1.807, 2.05) is 43.3 Å². The number of anilines is 2. The second kappa shape index (κ2) is 7.50. The van der Waals surface area contributed by atoms with Crippen molar-refractivity contribution >= 4 is 40.7 Å². The van der Waals surface area contributed by atoms with E-state index in [4.69, 9.17) is 11.6 Å². The summed E-state index contributed by atoms with van der Waals surface area (Å²) >= 11 is 6.03. The molecule has 3 amide bonds. The molecule has 5 rings (SSSR count). The molecule has 0 saturated carbocycles. The van der Waals surface area contributed by atoms with Crippen molar-refractivity contribution < 1.29 is 14.4 Å². The van der Waals surface area contributed by atoms with Crippen molar-refractivity contribution in [2.24, 2.45) is 0 Å². The first-order chi connectivity index (χ1) is 15.4. The van der Waals surface area contributed by atoms with Crippen LogP contribution in [0.1, 0.15) is 32.3 Å². The van der Waals surface area contributed by atoms with E-state index in [9.17, 15) is 14.4 Å². The third-order valence-electron chi connectivity index (χ3n) is 6.03. The lowest BCUT2D eigenvalue weighted by atomic mass is 9.86. The zero-order chi connectivity index (χ0) is 22.6. The van der Waals surface area contributed by atoms with Crippen molar-refractivity contribution in [3.63, 3.8) is 0 Å². The van der Waals surface area contributed by atoms with Crippen LogP contribution < -0.4 is 9.80 Å². The number of rotatable bonds is 4. The Bertz CT molecular complexity index is 1200. The summed E-state index contributed by atoms with van der Waals surface area (Å²) in [6.45, 7) is 0. The molecule has 2 aliphatic rings. The SMILES string of the molecule is CN(C)c1ccc([C@H]2[C@@H](N3C(=O)c4ccccc4C3=O)C(=O)N2c2ccc(Cl)cc2)cc1. The van der Waals surface area contributed by atoms with E-state index >= 15 is 0 Å². The van der Waals surface area contributed by atoms with Crippen LogP contribution in [0.15, 0.2) is 72.8 Å². The number of benzene rings is 3. The van der Waals surface area contributed by atoms with Crippen LogP contribution in [0.4, 0.5) is 11.4 Å². The molecule has 0 radical (unpaired) electrons. The Morgan fingerprint density at radius 2 is 1.28 bits per heavy atom. The maximum absolute atomic E-state index is 13.4. The maximum Gasteiger partial charge on any atom is 0.262 e. The first-order valence-electron chi connectivity index (χ1n) is 10.2. The van der Waals surface area contributed by atoms with Crippen molar-refractivity contribution in [1.82, 2.24) is 4.90 Å². The first kappa shape index (κ1) is 20.3. The minimum atomic E-state index is -0.914. The molecule has 0 N–H and O–H groups in total. The van der Waals surface area contributed by atoms with E-state index in [-0.39, 0.29) is 5.91 Å². The Hall–Kier alpha value is -3.64. The van der Waals surface area contributed by atoms with Crippen molar-refractivity contribution in [3.8, 4) is 0 Å². The van der Waals surface area contributed by atoms with Crippen molar-refractivity contribution in [1.29, 1.82) is 0 Å². The van der Waals surface area contributed by atoms with E-state index in [1.165, 1.54) is 0 Å². The highest BCUT2D eigenvalue weighted by Gasteiger charge is 2.57. The number of carbonyl (C=O) groups is 3. The van der Waals surface area contributed by atoms with Gasteiger partial charge in [-0.1, -0.05) is 35.9 Å². The standard InChI is InChI=1S/C25H20ClN3O3/c1-27(2)17-11-7-15(8-12-17)21-22(25(32)28(21)18-13-9-16(26)10-14-18)29-23(30)19-5-3-4-6-20(19)24(29)31/h3-14,21-22H,1-2H3/t21-,22+/m0/s1. The Balaban J connectivity index is 1.57. The second-order valence-electron chi connectivity index (χ2n) is 8.09. The molecule has 2 aliphatic heterocycles. The molecule has 3 aromatic carbocycles. The molecule has 0 aliphatic carbocycles. The van der Waals surface area contributed by atoms with Gasteiger partial charge >= 0.3 is 0 Å². The number of carbonyl (C=O) groups excluding carboxylic acids is 3. The smallest absolute Gasteiger partial charge is 0.262 e. The lowest BCUT2D eigenvalue weighted by Gasteiger charge is -2.49. The van der Waals surface area contributed by atoms with Crippen LogP contribution in [-0.2, 0) is 4.79 Å². The summed E-state index contributed by atoms with van der Waals surface area (Å²) in [6, 6.07) is 20.0. The molecule has 1 fully saturated rings. The number of β-lactam (4-membered cyclic amide) rings is 1. The molecular weight excluding hydrogens is 426 g/mol. The van der Waals surface area contributed by atoms with Gasteiger partial charge in [-0.05, 0) is 54.1 Å². The van der Waals surface area contributed by atoms with Crippen LogP contribution in [0.25, 0.3) is 0 Å². The highest BCUT2D eigenvalue weighted by Crippen LogP contribution is 2.44. The van der Waals surface area contributed by atoms with E-state index in [2.05, 4.69) is 0 Å². The summed E-state index contributed by atoms with van der Waals surface area (Å²) in [5.74, 6) is -1.17. The number of amides is 3. The number of halogens is 1. The first-order valence-corrected chi connectivity index (χ1v) is 10.6. The number of imide groups is 1. The van der Waals surface area contributed by atoms with Gasteiger partial charge in [0.15, 0.2) is 0 Å². The van der Waals surface area contributed by atoms with Crippen LogP contribution in [0, 0.1) is 0 Å². The summed E-state index contributed by atoms with van der Waals surface area (Å²) in [5.41, 5.74) is 3.17. The Morgan fingerprint density at radius 1 is 0.719 bits per heavy atom. The molecule has 3 aromatic rings. The van der Waals surface area contributed by atoms with Gasteiger partial charge in [0.25, 0.3) is 17.7 Å². The Morgan fingerprint density at radius 3 is 1.81 bits per heavy atom. The summed E-state index contributed by atoms with van der Waals surface area (Å²) in [4.78, 5) is 44.3. The fourth-order valence-electron chi connectivity index (χ4n) is 4.38. The molecule has 160 valence electrons. The average molecular weight is 446 g/mol. The predicted molar refractivity (Wildman–Crippen MR) is 123 cm³/mol. The van der Waals surface area contributed by atoms with Gasteiger partial charge in [-0.2, -0.15) is 0 Å². The monoisotopic (exact) mass is 445 g/mol. The topological polar surface area (TPSA) is 60.9 Å². The Kier molecular flexibility index (Phi) is 4.75. The predicted octanol–water partition coefficient (Wildman–Crippen LogP) is 4.16. The second-order valence-corrected chi connectivity index (χ2v) is 8.52. The van der Waals surface area contributed by atoms with Crippen LogP contribution in [0.3, 0.4) is 0 Å². The lowest BCUT2D eigenvalue weighted by molar-refractivity contribution is -0.130. The van der Waals surface area contributed by atoms with Gasteiger partial charge in [0, 0.05) is 30.5 Å². The van der Waals surface area contributed by atoms with Gasteiger partial charge in [0.1, 0.15) is 6.04 Å². The molecule has 32 heavy (non-hydrogen) atoms. The number of hydrogen-bond acceptors (Lipinski definition) is 4. The zero-order valence-electron chi connectivity index (χ0n) is 17.5. The summed E-state index contributed by atoms with van der Waals surface area (Å²) in [6.07, 6.45) is 0. The van der Waals surface area contributed by atoms with Crippen molar-refractivity contribution in [3.05, 3.63) is 94.5 Å². The molecule has 1 saturated heterocycles. The third kappa shape index (κ3) is 2.99. The van der Waals surface area contributed by atoms with Gasteiger partial charge in [-0.25, -0.2) is 0 Å². The van der Waals surface area contributed by atoms with Gasteiger partial charge in [-0.15, -0.1) is 0 Å².